The lowest BCUT2D eigenvalue weighted by Crippen LogP contribution is -2.64. The Kier molecular flexibility index (Phi) is 9.94. The Bertz CT molecular complexity index is 1600. The number of para-hydroxylation sites is 1. The monoisotopic (exact) mass is 634 g/mol. The molecule has 228 valence electrons. The Hall–Kier alpha value is -4.14. The normalized spacial score (nSPS) is 21.5. The number of hydrogen-bond donors (Lipinski definition) is 1. The van der Waals surface area contributed by atoms with Crippen LogP contribution >= 0.6 is 23.8 Å². The number of carbonyl (C=O) groups excluding carboxylic acids is 4. The van der Waals surface area contributed by atoms with Crippen molar-refractivity contribution in [2.75, 3.05) is 6.61 Å². The van der Waals surface area contributed by atoms with Crippen LogP contribution in [0.15, 0.2) is 48.5 Å². The van der Waals surface area contributed by atoms with Crippen molar-refractivity contribution in [2.45, 2.75) is 58.3 Å². The van der Waals surface area contributed by atoms with Gasteiger partial charge in [-0.15, -0.1) is 5.10 Å². The average Bonchev–Trinajstić information content (AvgIpc) is 3.27. The fourth-order valence-corrected chi connectivity index (χ4v) is 5.21. The summed E-state index contributed by atoms with van der Waals surface area (Å²) in [7, 11) is 0. The Morgan fingerprint density at radius 3 is 2.23 bits per heavy atom. The van der Waals surface area contributed by atoms with Gasteiger partial charge < -0.3 is 24.3 Å². The van der Waals surface area contributed by atoms with Gasteiger partial charge in [-0.05, 0) is 42.5 Å². The molecule has 15 heteroatoms. The highest BCUT2D eigenvalue weighted by Crippen LogP contribution is 2.35. The fourth-order valence-electron chi connectivity index (χ4n) is 4.70. The number of ether oxygens (including phenoxy) is 4. The molecule has 1 N–H and O–H groups in total. The van der Waals surface area contributed by atoms with Crippen molar-refractivity contribution >= 4 is 47.6 Å². The standard InChI is InChI=1S/C28H28ClFN4O8S/c1-14(35)31-23-25(41-17(4)38)24(40-16(3)37)22(13-39-15(2)36)42-27(23)34-28(43)33(19-8-6-5-7-9-19)26(32-34)18-10-11-21(30)20(29)12-18/h5-12,22-25,27H,13H2,1-4H3,(H,31,35)/t22-,23-,24-,25-,27-/m1/s1. The van der Waals surface area contributed by atoms with E-state index >= 15 is 0 Å². The summed E-state index contributed by atoms with van der Waals surface area (Å²) in [5.74, 6) is -3.05. The highest BCUT2D eigenvalue weighted by atomic mass is 35.5. The molecule has 43 heavy (non-hydrogen) atoms. The zero-order chi connectivity index (χ0) is 31.4. The predicted molar refractivity (Wildman–Crippen MR) is 152 cm³/mol. The third-order valence-electron chi connectivity index (χ3n) is 6.33. The molecule has 1 aromatic heterocycles. The molecule has 0 aliphatic carbocycles. The molecule has 2 heterocycles. The summed E-state index contributed by atoms with van der Waals surface area (Å²) in [5, 5.41) is 7.25. The van der Waals surface area contributed by atoms with Gasteiger partial charge in [0.05, 0.1) is 5.02 Å². The summed E-state index contributed by atoms with van der Waals surface area (Å²) in [5.41, 5.74) is 0.990. The SMILES string of the molecule is CC(=O)N[C@@H]1[C@@H](OC(C)=O)[C@H](OC(C)=O)[C@@H](COC(C)=O)O[C@H]1n1nc(-c2ccc(F)c(Cl)c2)n(-c2ccccc2)c1=S. The maximum Gasteiger partial charge on any atom is 0.303 e. The number of benzene rings is 2. The fraction of sp³-hybridized carbons (Fsp3) is 0.357. The van der Waals surface area contributed by atoms with Crippen molar-refractivity contribution in [1.29, 1.82) is 0 Å². The number of nitrogens with one attached hydrogen (secondary N) is 1. The molecule has 0 bridgehead atoms. The van der Waals surface area contributed by atoms with Gasteiger partial charge in [-0.25, -0.2) is 9.07 Å². The van der Waals surface area contributed by atoms with Crippen LogP contribution in [-0.4, -0.2) is 69.1 Å². The van der Waals surface area contributed by atoms with Crippen LogP contribution in [0.1, 0.15) is 33.9 Å². The van der Waals surface area contributed by atoms with Crippen LogP contribution in [-0.2, 0) is 38.1 Å². The minimum Gasteiger partial charge on any atom is -0.463 e. The second-order valence-electron chi connectivity index (χ2n) is 9.59. The first-order valence-electron chi connectivity index (χ1n) is 13.0. The zero-order valence-electron chi connectivity index (χ0n) is 23.5. The van der Waals surface area contributed by atoms with Crippen molar-refractivity contribution in [3.05, 3.63) is 64.1 Å². The van der Waals surface area contributed by atoms with Gasteiger partial charge in [-0.2, -0.15) is 0 Å². The molecule has 12 nitrogen and oxygen atoms in total. The molecule has 1 aliphatic rings. The average molecular weight is 635 g/mol. The van der Waals surface area contributed by atoms with E-state index < -0.39 is 66.8 Å². The van der Waals surface area contributed by atoms with Crippen molar-refractivity contribution in [1.82, 2.24) is 19.7 Å². The minimum absolute atomic E-state index is 0.0701. The lowest BCUT2D eigenvalue weighted by molar-refractivity contribution is -0.239. The smallest absolute Gasteiger partial charge is 0.303 e. The summed E-state index contributed by atoms with van der Waals surface area (Å²) >= 11 is 12.0. The van der Waals surface area contributed by atoms with Gasteiger partial charge in [-0.1, -0.05) is 29.8 Å². The highest BCUT2D eigenvalue weighted by Gasteiger charge is 2.52. The topological polar surface area (TPSA) is 140 Å². The largest absolute Gasteiger partial charge is 0.463 e. The summed E-state index contributed by atoms with van der Waals surface area (Å²) in [6.07, 6.45) is -5.08. The van der Waals surface area contributed by atoms with Gasteiger partial charge >= 0.3 is 17.9 Å². The molecule has 0 unspecified atom stereocenters. The first-order chi connectivity index (χ1) is 20.4. The van der Waals surface area contributed by atoms with Gasteiger partial charge in [0.2, 0.25) is 10.7 Å². The minimum atomic E-state index is -1.32. The number of carbonyl (C=O) groups is 4. The quantitative estimate of drug-likeness (QED) is 0.222. The molecule has 2 aromatic carbocycles. The molecule has 0 spiro atoms. The maximum atomic E-state index is 14.1. The van der Waals surface area contributed by atoms with Crippen LogP contribution in [0, 0.1) is 10.6 Å². The molecule has 1 aliphatic heterocycles. The number of nitrogens with zero attached hydrogens (tertiary/aromatic N) is 3. The lowest BCUT2D eigenvalue weighted by atomic mass is 9.95. The summed E-state index contributed by atoms with van der Waals surface area (Å²) in [4.78, 5) is 48.5. The van der Waals surface area contributed by atoms with Crippen LogP contribution in [0.3, 0.4) is 0 Å². The number of amides is 1. The zero-order valence-corrected chi connectivity index (χ0v) is 25.1. The molecular formula is C28H28ClFN4O8S. The van der Waals surface area contributed by atoms with Crippen molar-refractivity contribution in [3.63, 3.8) is 0 Å². The second kappa shape index (κ2) is 13.4. The Morgan fingerprint density at radius 2 is 1.65 bits per heavy atom. The van der Waals surface area contributed by atoms with Crippen molar-refractivity contribution in [2.24, 2.45) is 0 Å². The van der Waals surface area contributed by atoms with Crippen molar-refractivity contribution < 1.29 is 42.5 Å². The number of halogens is 2. The molecule has 4 rings (SSSR count). The van der Waals surface area contributed by atoms with E-state index in [1.807, 2.05) is 6.07 Å². The van der Waals surface area contributed by atoms with E-state index in [1.54, 1.807) is 28.8 Å². The number of hydrogen-bond acceptors (Lipinski definition) is 10. The molecule has 0 radical (unpaired) electrons. The van der Waals surface area contributed by atoms with Gasteiger partial charge in [-0.3, -0.25) is 23.7 Å². The molecule has 1 saturated heterocycles. The Morgan fingerprint density at radius 1 is 1.00 bits per heavy atom. The van der Waals surface area contributed by atoms with Crippen LogP contribution in [0.25, 0.3) is 17.1 Å². The molecule has 1 amide bonds. The Balaban J connectivity index is 1.95. The van der Waals surface area contributed by atoms with E-state index in [-0.39, 0.29) is 15.6 Å². The number of rotatable bonds is 8. The summed E-state index contributed by atoms with van der Waals surface area (Å²) in [6.45, 7) is 4.31. The maximum absolute atomic E-state index is 14.1. The van der Waals surface area contributed by atoms with Gasteiger partial charge in [0, 0.05) is 38.9 Å². The van der Waals surface area contributed by atoms with E-state index in [0.29, 0.717) is 11.3 Å². The predicted octanol–water partition coefficient (Wildman–Crippen LogP) is 3.69. The molecule has 3 aromatic rings. The molecule has 5 atom stereocenters. The van der Waals surface area contributed by atoms with Gasteiger partial charge in [0.1, 0.15) is 24.6 Å². The first kappa shape index (κ1) is 31.8. The van der Waals surface area contributed by atoms with E-state index in [0.717, 1.165) is 13.8 Å². The van der Waals surface area contributed by atoms with Crippen LogP contribution in [0.5, 0.6) is 0 Å². The summed E-state index contributed by atoms with van der Waals surface area (Å²) < 4.78 is 39.5. The third kappa shape index (κ3) is 7.27. The summed E-state index contributed by atoms with van der Waals surface area (Å²) in [6, 6.07) is 11.7. The van der Waals surface area contributed by atoms with Crippen LogP contribution < -0.4 is 5.32 Å². The van der Waals surface area contributed by atoms with E-state index in [9.17, 15) is 23.6 Å². The number of aromatic nitrogens is 3. The third-order valence-corrected chi connectivity index (χ3v) is 6.98. The lowest BCUT2D eigenvalue weighted by Gasteiger charge is -2.45. The van der Waals surface area contributed by atoms with Gasteiger partial charge in [0.25, 0.3) is 0 Å². The highest BCUT2D eigenvalue weighted by molar-refractivity contribution is 7.71. The second-order valence-corrected chi connectivity index (χ2v) is 10.4. The number of esters is 3. The van der Waals surface area contributed by atoms with E-state index in [4.69, 9.17) is 47.9 Å². The van der Waals surface area contributed by atoms with Crippen molar-refractivity contribution in [3.8, 4) is 17.1 Å². The van der Waals surface area contributed by atoms with E-state index in [2.05, 4.69) is 5.32 Å². The molecule has 0 saturated carbocycles. The Labute approximate surface area is 255 Å². The molecule has 1 fully saturated rings. The van der Waals surface area contributed by atoms with E-state index in [1.165, 1.54) is 36.7 Å². The van der Waals surface area contributed by atoms with Crippen LogP contribution in [0.2, 0.25) is 5.02 Å². The van der Waals surface area contributed by atoms with Gasteiger partial charge in [0.15, 0.2) is 24.3 Å². The first-order valence-corrected chi connectivity index (χ1v) is 13.8. The van der Waals surface area contributed by atoms with Crippen LogP contribution in [0.4, 0.5) is 4.39 Å². The molecular weight excluding hydrogens is 607 g/mol.